The SMILES string of the molecule is CCC(NC(=O)O)c1c(C2CCCNC2)cc(-c2c(O)cccc2OCC2CC2)nc1N. The molecule has 2 fully saturated rings. The number of hydrogen-bond acceptors (Lipinski definition) is 6. The fourth-order valence-electron chi connectivity index (χ4n) is 4.47. The molecule has 2 unspecified atom stereocenters. The van der Waals surface area contributed by atoms with Gasteiger partial charge in [-0.2, -0.15) is 0 Å². The minimum absolute atomic E-state index is 0.0846. The fourth-order valence-corrected chi connectivity index (χ4v) is 4.47. The highest BCUT2D eigenvalue weighted by molar-refractivity contribution is 5.76. The van der Waals surface area contributed by atoms with Crippen molar-refractivity contribution in [3.05, 3.63) is 35.4 Å². The maximum Gasteiger partial charge on any atom is 0.405 e. The van der Waals surface area contributed by atoms with Crippen molar-refractivity contribution in [2.75, 3.05) is 25.4 Å². The number of benzene rings is 1. The van der Waals surface area contributed by atoms with Crippen LogP contribution in [-0.4, -0.2) is 41.0 Å². The third kappa shape index (κ3) is 4.91. The Balaban J connectivity index is 1.80. The molecule has 1 saturated carbocycles. The average molecular weight is 441 g/mol. The maximum absolute atomic E-state index is 11.4. The summed E-state index contributed by atoms with van der Waals surface area (Å²) in [5.41, 5.74) is 9.22. The van der Waals surface area contributed by atoms with Crippen molar-refractivity contribution < 1.29 is 19.7 Å². The number of aromatic nitrogens is 1. The number of nitrogen functional groups attached to an aromatic ring is 1. The van der Waals surface area contributed by atoms with Crippen molar-refractivity contribution in [2.24, 2.45) is 5.92 Å². The van der Waals surface area contributed by atoms with Gasteiger partial charge in [-0.05, 0) is 74.2 Å². The molecule has 172 valence electrons. The third-order valence-corrected chi connectivity index (χ3v) is 6.34. The second kappa shape index (κ2) is 9.65. The molecular formula is C24H32N4O4. The number of hydrogen-bond donors (Lipinski definition) is 5. The molecule has 6 N–H and O–H groups in total. The van der Waals surface area contributed by atoms with Crippen LogP contribution in [0, 0.1) is 5.92 Å². The number of phenols is 1. The zero-order valence-corrected chi connectivity index (χ0v) is 18.4. The molecule has 2 aromatic rings. The first-order valence-corrected chi connectivity index (χ1v) is 11.4. The number of aromatic hydroxyl groups is 1. The van der Waals surface area contributed by atoms with E-state index in [0.29, 0.717) is 36.0 Å². The van der Waals surface area contributed by atoms with E-state index >= 15 is 0 Å². The minimum atomic E-state index is -1.09. The van der Waals surface area contributed by atoms with E-state index in [-0.39, 0.29) is 17.5 Å². The first-order chi connectivity index (χ1) is 15.5. The summed E-state index contributed by atoms with van der Waals surface area (Å²) in [7, 11) is 0. The molecular weight excluding hydrogens is 408 g/mol. The Kier molecular flexibility index (Phi) is 6.69. The fraction of sp³-hybridized carbons (Fsp3) is 0.500. The Morgan fingerprint density at radius 2 is 2.19 bits per heavy atom. The molecule has 2 atom stereocenters. The summed E-state index contributed by atoms with van der Waals surface area (Å²) in [5, 5.41) is 26.1. The van der Waals surface area contributed by atoms with Gasteiger partial charge in [0.2, 0.25) is 0 Å². The summed E-state index contributed by atoms with van der Waals surface area (Å²) in [4.78, 5) is 16.0. The number of phenolic OH excluding ortho intramolecular Hbond substituents is 1. The number of ether oxygens (including phenoxy) is 1. The molecule has 32 heavy (non-hydrogen) atoms. The molecule has 0 bridgehead atoms. The predicted molar refractivity (Wildman–Crippen MR) is 123 cm³/mol. The Labute approximate surface area is 188 Å². The summed E-state index contributed by atoms with van der Waals surface area (Å²) >= 11 is 0. The van der Waals surface area contributed by atoms with Gasteiger partial charge < -0.3 is 31.3 Å². The number of rotatable bonds is 8. The van der Waals surface area contributed by atoms with Crippen LogP contribution in [0.4, 0.5) is 10.6 Å². The van der Waals surface area contributed by atoms with Gasteiger partial charge in [-0.3, -0.25) is 0 Å². The van der Waals surface area contributed by atoms with E-state index in [0.717, 1.165) is 37.1 Å². The number of nitrogens with two attached hydrogens (primary N) is 1. The van der Waals surface area contributed by atoms with Crippen molar-refractivity contribution in [2.45, 2.75) is 51.0 Å². The van der Waals surface area contributed by atoms with Crippen LogP contribution in [0.5, 0.6) is 11.5 Å². The molecule has 4 rings (SSSR count). The largest absolute Gasteiger partial charge is 0.507 e. The van der Waals surface area contributed by atoms with E-state index in [2.05, 4.69) is 15.6 Å². The number of pyridine rings is 1. The van der Waals surface area contributed by atoms with Crippen LogP contribution in [0.3, 0.4) is 0 Å². The van der Waals surface area contributed by atoms with E-state index in [1.165, 1.54) is 12.8 Å². The zero-order chi connectivity index (χ0) is 22.7. The van der Waals surface area contributed by atoms with E-state index in [1.54, 1.807) is 12.1 Å². The van der Waals surface area contributed by atoms with Gasteiger partial charge in [-0.15, -0.1) is 0 Å². The van der Waals surface area contributed by atoms with E-state index < -0.39 is 12.1 Å². The molecule has 0 spiro atoms. The Morgan fingerprint density at radius 3 is 2.84 bits per heavy atom. The van der Waals surface area contributed by atoms with Gasteiger partial charge in [0.25, 0.3) is 0 Å². The Bertz CT molecular complexity index is 971. The lowest BCUT2D eigenvalue weighted by atomic mass is 9.85. The zero-order valence-electron chi connectivity index (χ0n) is 18.4. The van der Waals surface area contributed by atoms with Crippen molar-refractivity contribution >= 4 is 11.9 Å². The first-order valence-electron chi connectivity index (χ1n) is 11.4. The lowest BCUT2D eigenvalue weighted by Gasteiger charge is -2.29. The number of piperidine rings is 1. The molecule has 2 heterocycles. The van der Waals surface area contributed by atoms with Crippen LogP contribution in [-0.2, 0) is 0 Å². The van der Waals surface area contributed by atoms with Crippen LogP contribution in [0.1, 0.15) is 62.1 Å². The van der Waals surface area contributed by atoms with Gasteiger partial charge in [-0.25, -0.2) is 9.78 Å². The molecule has 2 aliphatic rings. The molecule has 8 heteroatoms. The second-order valence-corrected chi connectivity index (χ2v) is 8.75. The number of carbonyl (C=O) groups is 1. The molecule has 1 saturated heterocycles. The smallest absolute Gasteiger partial charge is 0.405 e. The molecule has 8 nitrogen and oxygen atoms in total. The van der Waals surface area contributed by atoms with E-state index in [4.69, 9.17) is 10.5 Å². The molecule has 1 aromatic carbocycles. The molecule has 1 aromatic heterocycles. The molecule has 1 amide bonds. The summed E-state index contributed by atoms with van der Waals surface area (Å²) < 4.78 is 6.03. The number of amides is 1. The van der Waals surface area contributed by atoms with Gasteiger partial charge in [0.1, 0.15) is 17.3 Å². The van der Waals surface area contributed by atoms with E-state index in [9.17, 15) is 15.0 Å². The van der Waals surface area contributed by atoms with Crippen molar-refractivity contribution in [1.82, 2.24) is 15.6 Å². The summed E-state index contributed by atoms with van der Waals surface area (Å²) in [5.74, 6) is 1.69. The first kappa shape index (κ1) is 22.2. The number of carboxylic acid groups (broad SMARTS) is 1. The third-order valence-electron chi connectivity index (χ3n) is 6.34. The normalized spacial score (nSPS) is 19.3. The lowest BCUT2D eigenvalue weighted by Crippen LogP contribution is -2.32. The van der Waals surface area contributed by atoms with Crippen molar-refractivity contribution in [3.8, 4) is 22.8 Å². The summed E-state index contributed by atoms with van der Waals surface area (Å²) in [6.45, 7) is 4.28. The number of nitrogens with zero attached hydrogens (tertiary/aromatic N) is 1. The predicted octanol–water partition coefficient (Wildman–Crippen LogP) is 4.01. The van der Waals surface area contributed by atoms with Gasteiger partial charge in [0.15, 0.2) is 0 Å². The number of nitrogens with one attached hydrogen (secondary N) is 2. The van der Waals surface area contributed by atoms with Gasteiger partial charge in [0.05, 0.1) is 23.9 Å². The Morgan fingerprint density at radius 1 is 1.38 bits per heavy atom. The standard InChI is InChI=1S/C24H32N4O4/c1-2-17(28-24(30)31)21-16(15-5-4-10-26-12-15)11-18(27-23(21)25)22-19(29)6-3-7-20(22)32-13-14-8-9-14/h3,6-7,11,14-15,17,26,28-29H,2,4-5,8-10,12-13H2,1H3,(H2,25,27)(H,30,31). The second-order valence-electron chi connectivity index (χ2n) is 8.75. The van der Waals surface area contributed by atoms with Crippen LogP contribution in [0.25, 0.3) is 11.3 Å². The quantitative estimate of drug-likeness (QED) is 0.419. The maximum atomic E-state index is 11.4. The summed E-state index contributed by atoms with van der Waals surface area (Å²) in [6, 6.07) is 6.71. The molecule has 1 aliphatic heterocycles. The van der Waals surface area contributed by atoms with Gasteiger partial charge >= 0.3 is 6.09 Å². The Hall–Kier alpha value is -3.00. The van der Waals surface area contributed by atoms with Crippen LogP contribution < -0.4 is 21.1 Å². The van der Waals surface area contributed by atoms with Crippen molar-refractivity contribution in [1.29, 1.82) is 0 Å². The molecule has 0 radical (unpaired) electrons. The van der Waals surface area contributed by atoms with Gasteiger partial charge in [-0.1, -0.05) is 13.0 Å². The van der Waals surface area contributed by atoms with Crippen molar-refractivity contribution in [3.63, 3.8) is 0 Å². The lowest BCUT2D eigenvalue weighted by molar-refractivity contribution is 0.189. The van der Waals surface area contributed by atoms with Crippen LogP contribution >= 0.6 is 0 Å². The highest BCUT2D eigenvalue weighted by Crippen LogP contribution is 2.42. The topological polar surface area (TPSA) is 130 Å². The monoisotopic (exact) mass is 440 g/mol. The van der Waals surface area contributed by atoms with Gasteiger partial charge in [0, 0.05) is 12.1 Å². The summed E-state index contributed by atoms with van der Waals surface area (Å²) in [6.07, 6.45) is 3.79. The molecule has 1 aliphatic carbocycles. The number of anilines is 1. The average Bonchev–Trinajstić information content (AvgIpc) is 3.61. The highest BCUT2D eigenvalue weighted by Gasteiger charge is 2.28. The van der Waals surface area contributed by atoms with Crippen LogP contribution in [0.15, 0.2) is 24.3 Å². The minimum Gasteiger partial charge on any atom is -0.507 e. The highest BCUT2D eigenvalue weighted by atomic mass is 16.5. The van der Waals surface area contributed by atoms with E-state index in [1.807, 2.05) is 19.1 Å². The van der Waals surface area contributed by atoms with Crippen LogP contribution in [0.2, 0.25) is 0 Å².